The number of likely N-dealkylation sites (tertiary alicyclic amines) is 2. The lowest BCUT2D eigenvalue weighted by Crippen LogP contribution is -2.42. The number of amides is 2. The van der Waals surface area contributed by atoms with Crippen LogP contribution in [0.5, 0.6) is 0 Å². The third-order valence-electron chi connectivity index (χ3n) is 8.62. The van der Waals surface area contributed by atoms with Crippen molar-refractivity contribution in [3.63, 3.8) is 0 Å². The molecule has 44 heavy (non-hydrogen) atoms. The Hall–Kier alpha value is -3.65. The van der Waals surface area contributed by atoms with E-state index in [-0.39, 0.29) is 29.9 Å². The van der Waals surface area contributed by atoms with Gasteiger partial charge in [0.15, 0.2) is 0 Å². The van der Waals surface area contributed by atoms with Crippen molar-refractivity contribution in [2.45, 2.75) is 84.4 Å². The Labute approximate surface area is 266 Å². The van der Waals surface area contributed by atoms with Gasteiger partial charge in [-0.1, -0.05) is 37.6 Å². The molecule has 1 unspecified atom stereocenters. The molecule has 2 atom stereocenters. The van der Waals surface area contributed by atoms with Gasteiger partial charge >= 0.3 is 6.09 Å². The van der Waals surface area contributed by atoms with Crippen molar-refractivity contribution >= 4 is 35.3 Å². The molecular formula is C35H44ClN5O3. The van der Waals surface area contributed by atoms with Crippen LogP contribution in [0, 0.1) is 5.92 Å². The first-order valence-electron chi connectivity index (χ1n) is 15.9. The molecule has 2 amide bonds. The first kappa shape index (κ1) is 31.8. The molecule has 0 saturated carbocycles. The first-order chi connectivity index (χ1) is 21.2. The third-order valence-corrected chi connectivity index (χ3v) is 8.85. The highest BCUT2D eigenvalue weighted by Gasteiger charge is 2.39. The number of hydrogen-bond donors (Lipinski definition) is 0. The summed E-state index contributed by atoms with van der Waals surface area (Å²) < 4.78 is 7.68. The fraction of sp³-hybridized carbons (Fsp3) is 0.486. The van der Waals surface area contributed by atoms with Crippen LogP contribution < -0.4 is 0 Å². The summed E-state index contributed by atoms with van der Waals surface area (Å²) in [5, 5.41) is 0.633. The number of halogens is 1. The molecule has 1 aliphatic carbocycles. The van der Waals surface area contributed by atoms with Crippen molar-refractivity contribution in [1.82, 2.24) is 24.3 Å². The molecule has 9 heteroatoms. The molecule has 2 fully saturated rings. The van der Waals surface area contributed by atoms with Crippen molar-refractivity contribution in [2.75, 3.05) is 19.6 Å². The number of imidazole rings is 1. The molecule has 0 radical (unpaired) electrons. The van der Waals surface area contributed by atoms with Gasteiger partial charge in [0.2, 0.25) is 0 Å². The van der Waals surface area contributed by atoms with Crippen LogP contribution in [0.1, 0.15) is 88.6 Å². The number of carbonyl (C=O) groups is 2. The molecule has 4 heterocycles. The number of benzene rings is 1. The van der Waals surface area contributed by atoms with Crippen LogP contribution in [-0.4, -0.2) is 67.6 Å². The van der Waals surface area contributed by atoms with Crippen molar-refractivity contribution < 1.29 is 14.3 Å². The highest BCUT2D eigenvalue weighted by Crippen LogP contribution is 2.45. The van der Waals surface area contributed by atoms with E-state index in [0.717, 1.165) is 61.2 Å². The maximum absolute atomic E-state index is 14.4. The molecule has 1 aromatic carbocycles. The zero-order chi connectivity index (χ0) is 31.4. The summed E-state index contributed by atoms with van der Waals surface area (Å²) >= 11 is 6.53. The summed E-state index contributed by atoms with van der Waals surface area (Å²) in [4.78, 5) is 40.1. The summed E-state index contributed by atoms with van der Waals surface area (Å²) in [6.07, 6.45) is 12.7. The second-order valence-corrected chi connectivity index (χ2v) is 13.0. The van der Waals surface area contributed by atoms with Gasteiger partial charge in [-0.25, -0.2) is 9.78 Å². The Morgan fingerprint density at radius 1 is 1.05 bits per heavy atom. The predicted octanol–water partition coefficient (Wildman–Crippen LogP) is 7.28. The van der Waals surface area contributed by atoms with Crippen LogP contribution in [-0.2, 0) is 16.1 Å². The van der Waals surface area contributed by atoms with Crippen LogP contribution in [0.2, 0.25) is 5.02 Å². The average Bonchev–Trinajstić information content (AvgIpc) is 3.67. The fourth-order valence-electron chi connectivity index (χ4n) is 6.71. The molecule has 6 rings (SSSR count). The Morgan fingerprint density at radius 2 is 1.82 bits per heavy atom. The number of piperidine rings is 1. The summed E-state index contributed by atoms with van der Waals surface area (Å²) in [6.45, 7) is 12.3. The second kappa shape index (κ2) is 13.6. The molecule has 0 N–H and O–H groups in total. The molecule has 3 aromatic rings. The van der Waals surface area contributed by atoms with Crippen LogP contribution >= 0.6 is 11.6 Å². The first-order valence-corrected chi connectivity index (χ1v) is 16.3. The SMILES string of the molecule is CC.CC(C)(C)OC(=O)N1CCC(C2c3ccc(Cl)cc3C=C(C(=O)N3CCC[C@@H]3Cn3ccnc3)c3cccnc32)CC1. The molecule has 2 aliphatic heterocycles. The van der Waals surface area contributed by atoms with E-state index in [2.05, 4.69) is 11.1 Å². The zero-order valence-corrected chi connectivity index (χ0v) is 27.3. The number of ether oxygens (including phenoxy) is 1. The van der Waals surface area contributed by atoms with E-state index >= 15 is 0 Å². The largest absolute Gasteiger partial charge is 0.444 e. The maximum atomic E-state index is 14.4. The summed E-state index contributed by atoms with van der Waals surface area (Å²) in [6, 6.07) is 10.0. The lowest BCUT2D eigenvalue weighted by molar-refractivity contribution is -0.125. The summed E-state index contributed by atoms with van der Waals surface area (Å²) in [7, 11) is 0. The van der Waals surface area contributed by atoms with E-state index in [1.807, 2.05) is 98.0 Å². The van der Waals surface area contributed by atoms with Gasteiger partial charge in [0.25, 0.3) is 5.91 Å². The van der Waals surface area contributed by atoms with Gasteiger partial charge in [0.05, 0.1) is 12.0 Å². The number of rotatable bonds is 4. The van der Waals surface area contributed by atoms with Crippen molar-refractivity contribution in [3.8, 4) is 0 Å². The average molecular weight is 618 g/mol. The molecule has 2 aromatic heterocycles. The number of fused-ring (bicyclic) bond motifs is 2. The number of pyridine rings is 1. The Balaban J connectivity index is 0.00000188. The summed E-state index contributed by atoms with van der Waals surface area (Å²) in [5.74, 6) is 0.232. The maximum Gasteiger partial charge on any atom is 0.410 e. The van der Waals surface area contributed by atoms with Crippen LogP contribution in [0.4, 0.5) is 4.79 Å². The van der Waals surface area contributed by atoms with Crippen LogP contribution in [0.3, 0.4) is 0 Å². The molecular weight excluding hydrogens is 574 g/mol. The van der Waals surface area contributed by atoms with Gasteiger partial charge < -0.3 is 19.1 Å². The molecule has 2 saturated heterocycles. The summed E-state index contributed by atoms with van der Waals surface area (Å²) in [5.41, 5.74) is 4.00. The van der Waals surface area contributed by atoms with Gasteiger partial charge in [-0.3, -0.25) is 9.78 Å². The van der Waals surface area contributed by atoms with E-state index in [0.29, 0.717) is 23.7 Å². The topological polar surface area (TPSA) is 80.6 Å². The van der Waals surface area contributed by atoms with Gasteiger partial charge in [0.1, 0.15) is 5.60 Å². The van der Waals surface area contributed by atoms with Gasteiger partial charge in [-0.15, -0.1) is 0 Å². The number of carbonyl (C=O) groups excluding carboxylic acids is 2. The van der Waals surface area contributed by atoms with Crippen LogP contribution in [0.15, 0.2) is 55.2 Å². The minimum Gasteiger partial charge on any atom is -0.444 e. The monoisotopic (exact) mass is 617 g/mol. The van der Waals surface area contributed by atoms with Gasteiger partial charge in [-0.2, -0.15) is 0 Å². The Morgan fingerprint density at radius 3 is 2.52 bits per heavy atom. The van der Waals surface area contributed by atoms with E-state index < -0.39 is 5.60 Å². The minimum absolute atomic E-state index is 0.0261. The van der Waals surface area contributed by atoms with Crippen molar-refractivity contribution in [1.29, 1.82) is 0 Å². The van der Waals surface area contributed by atoms with Crippen molar-refractivity contribution in [3.05, 3.63) is 82.7 Å². The smallest absolute Gasteiger partial charge is 0.410 e. The number of nitrogens with zero attached hydrogens (tertiary/aromatic N) is 5. The standard InChI is InChI=1S/C33H38ClN5O3.C2H6/c1-33(2,3)42-32(41)38-15-10-22(11-16-38)29-26-9-8-24(34)18-23(26)19-28(27-7-4-12-36-30(27)29)31(40)39-14-5-6-25(39)20-37-17-13-35-21-37;1-2/h4,7-9,12-13,17-19,21-22,25,29H,5-6,10-11,14-16,20H2,1-3H3;1-2H3/t25-,29?;/m1./s1. The van der Waals surface area contributed by atoms with Crippen molar-refractivity contribution in [2.24, 2.45) is 5.92 Å². The predicted molar refractivity (Wildman–Crippen MR) is 174 cm³/mol. The molecule has 0 spiro atoms. The molecule has 234 valence electrons. The number of aromatic nitrogens is 3. The lowest BCUT2D eigenvalue weighted by Gasteiger charge is -2.37. The highest BCUT2D eigenvalue weighted by atomic mass is 35.5. The van der Waals surface area contributed by atoms with E-state index in [9.17, 15) is 9.59 Å². The normalized spacial score (nSPS) is 20.1. The zero-order valence-electron chi connectivity index (χ0n) is 26.5. The third kappa shape index (κ3) is 6.85. The fourth-order valence-corrected chi connectivity index (χ4v) is 6.89. The minimum atomic E-state index is -0.530. The molecule has 0 bridgehead atoms. The highest BCUT2D eigenvalue weighted by molar-refractivity contribution is 6.31. The molecule has 8 nitrogen and oxygen atoms in total. The molecule has 3 aliphatic rings. The van der Waals surface area contributed by atoms with E-state index in [1.165, 1.54) is 0 Å². The second-order valence-electron chi connectivity index (χ2n) is 12.6. The van der Waals surface area contributed by atoms with Crippen LogP contribution in [0.25, 0.3) is 11.6 Å². The van der Waals surface area contributed by atoms with Gasteiger partial charge in [-0.05, 0) is 87.8 Å². The Kier molecular flexibility index (Phi) is 9.78. The van der Waals surface area contributed by atoms with Gasteiger partial charge in [0, 0.05) is 72.9 Å². The van der Waals surface area contributed by atoms with E-state index in [1.54, 1.807) is 6.20 Å². The lowest BCUT2D eigenvalue weighted by atomic mass is 9.76. The Bertz CT molecular complexity index is 1490. The number of hydrogen-bond acceptors (Lipinski definition) is 5. The van der Waals surface area contributed by atoms with E-state index in [4.69, 9.17) is 21.3 Å². The quantitative estimate of drug-likeness (QED) is 0.307.